The van der Waals surface area contributed by atoms with Gasteiger partial charge in [0.15, 0.2) is 0 Å². The van der Waals surface area contributed by atoms with Crippen LogP contribution in [-0.2, 0) is 29.2 Å². The molecule has 0 aromatic rings. The van der Waals surface area contributed by atoms with Crippen LogP contribution in [0.2, 0.25) is 0 Å². The van der Waals surface area contributed by atoms with E-state index >= 15 is 0 Å². The van der Waals surface area contributed by atoms with Crippen molar-refractivity contribution >= 4 is 39.6 Å². The predicted molar refractivity (Wildman–Crippen MR) is 175 cm³/mol. The number of amides is 5. The number of carbonyl (C=O) groups excluding carboxylic acids is 5. The van der Waals surface area contributed by atoms with Gasteiger partial charge in [0, 0.05) is 32.7 Å². The summed E-state index contributed by atoms with van der Waals surface area (Å²) in [5.74, 6) is -2.86. The van der Waals surface area contributed by atoms with E-state index in [1.54, 1.807) is 20.8 Å². The lowest BCUT2D eigenvalue weighted by Crippen LogP contribution is -2.62. The number of ketones is 1. The van der Waals surface area contributed by atoms with E-state index in [2.05, 4.69) is 27.8 Å². The van der Waals surface area contributed by atoms with Gasteiger partial charge in [-0.2, -0.15) is 0 Å². The Balaban J connectivity index is 3.30. The fraction of sp³-hybridized carbons (Fsp3) is 0.774. The summed E-state index contributed by atoms with van der Waals surface area (Å²) in [5.41, 5.74) is -0.758. The molecule has 1 aliphatic heterocycles. The highest BCUT2D eigenvalue weighted by Gasteiger charge is 2.47. The number of hydrogen-bond acceptors (Lipinski definition) is 7. The van der Waals surface area contributed by atoms with Crippen molar-refractivity contribution in [2.24, 2.45) is 23.2 Å². The fourth-order valence-electron chi connectivity index (χ4n) is 5.31. The highest BCUT2D eigenvalue weighted by molar-refractivity contribution is 7.88. The van der Waals surface area contributed by atoms with Crippen LogP contribution in [0, 0.1) is 23.2 Å². The average molecular weight is 657 g/mol. The molecule has 0 bridgehead atoms. The molecule has 5 amide bonds. The van der Waals surface area contributed by atoms with E-state index in [1.165, 1.54) is 18.0 Å². The van der Waals surface area contributed by atoms with Gasteiger partial charge in [0.25, 0.3) is 5.91 Å². The van der Waals surface area contributed by atoms with Crippen LogP contribution in [0.5, 0.6) is 0 Å². The molecular formula is C31H56N6O7S. The molecule has 1 unspecified atom stereocenters. The van der Waals surface area contributed by atoms with Crippen molar-refractivity contribution in [2.75, 3.05) is 32.9 Å². The molecule has 4 N–H and O–H groups in total. The van der Waals surface area contributed by atoms with Crippen molar-refractivity contribution in [3.63, 3.8) is 0 Å². The highest BCUT2D eigenvalue weighted by Crippen LogP contribution is 2.33. The van der Waals surface area contributed by atoms with E-state index in [1.807, 2.05) is 34.6 Å². The number of nitrogens with one attached hydrogen (secondary N) is 4. The van der Waals surface area contributed by atoms with Crippen molar-refractivity contribution in [3.05, 3.63) is 12.7 Å². The van der Waals surface area contributed by atoms with Gasteiger partial charge in [-0.25, -0.2) is 17.5 Å². The van der Waals surface area contributed by atoms with Crippen LogP contribution in [0.3, 0.4) is 0 Å². The molecular weight excluding hydrogens is 600 g/mol. The quantitative estimate of drug-likeness (QED) is 0.144. The van der Waals surface area contributed by atoms with Crippen LogP contribution in [0.25, 0.3) is 0 Å². The Kier molecular flexibility index (Phi) is 15.2. The largest absolute Gasteiger partial charge is 0.346 e. The Morgan fingerprint density at radius 3 is 2.11 bits per heavy atom. The summed E-state index contributed by atoms with van der Waals surface area (Å²) < 4.78 is 25.1. The minimum atomic E-state index is -3.48. The van der Waals surface area contributed by atoms with Crippen molar-refractivity contribution in [1.29, 1.82) is 0 Å². The lowest BCUT2D eigenvalue weighted by molar-refractivity contribution is -0.144. The Labute approximate surface area is 269 Å². The molecule has 0 aliphatic carbocycles. The second kappa shape index (κ2) is 17.1. The molecule has 0 aromatic heterocycles. The normalized spacial score (nSPS) is 19.2. The molecule has 13 nitrogen and oxygen atoms in total. The maximum absolute atomic E-state index is 14.2. The molecule has 0 radical (unpaired) electrons. The van der Waals surface area contributed by atoms with Crippen LogP contribution in [0.4, 0.5) is 4.79 Å². The third-order valence-corrected chi connectivity index (χ3v) is 9.50. The average Bonchev–Trinajstić information content (AvgIpc) is 3.38. The summed E-state index contributed by atoms with van der Waals surface area (Å²) >= 11 is 0. The smallest absolute Gasteiger partial charge is 0.315 e. The van der Waals surface area contributed by atoms with Crippen LogP contribution in [0.1, 0.15) is 74.7 Å². The predicted octanol–water partition coefficient (Wildman–Crippen LogP) is 1.65. The number of rotatable bonds is 16. The molecule has 1 heterocycles. The standard InChI is InChI=1S/C31H56N6O7S/c1-12-14-22(25(38)28(40)32-16-13-2)33-27(39)24-21(19(3)4)15-17-37(24)29(41)26(31(7,8)9)35-30(42)34-23(20(5)6)18-36(10)45(11,43)44/h13,19-24,26H,2,12,14-18H2,1,3-11H3,(H,32,40)(H,33,39)(H2,34,35,42)/t21-,22?,23+,24+,26-/m1/s1. The molecule has 1 rings (SSSR count). The topological polar surface area (TPSA) is 174 Å². The maximum atomic E-state index is 14.2. The molecule has 0 aromatic carbocycles. The first kappa shape index (κ1) is 40.0. The minimum Gasteiger partial charge on any atom is -0.346 e. The zero-order valence-corrected chi connectivity index (χ0v) is 29.5. The Morgan fingerprint density at radius 1 is 1.04 bits per heavy atom. The summed E-state index contributed by atoms with van der Waals surface area (Å²) in [4.78, 5) is 68.1. The summed E-state index contributed by atoms with van der Waals surface area (Å²) in [6.07, 6.45) is 3.87. The van der Waals surface area contributed by atoms with Gasteiger partial charge < -0.3 is 26.2 Å². The zero-order chi connectivity index (χ0) is 34.9. The van der Waals surface area contributed by atoms with Gasteiger partial charge in [-0.1, -0.05) is 67.9 Å². The van der Waals surface area contributed by atoms with E-state index in [-0.39, 0.29) is 43.8 Å². The van der Waals surface area contributed by atoms with E-state index in [0.29, 0.717) is 12.8 Å². The molecule has 1 fully saturated rings. The molecule has 1 saturated heterocycles. The minimum absolute atomic E-state index is 0.0257. The Morgan fingerprint density at radius 2 is 1.64 bits per heavy atom. The van der Waals surface area contributed by atoms with Gasteiger partial charge in [0.05, 0.1) is 12.3 Å². The van der Waals surface area contributed by atoms with Gasteiger partial charge in [-0.05, 0) is 36.0 Å². The zero-order valence-electron chi connectivity index (χ0n) is 28.7. The van der Waals surface area contributed by atoms with Crippen LogP contribution in [-0.4, -0.2) is 104 Å². The summed E-state index contributed by atoms with van der Waals surface area (Å²) in [6.45, 7) is 18.8. The Bertz CT molecular complexity index is 1180. The highest BCUT2D eigenvalue weighted by atomic mass is 32.2. The van der Waals surface area contributed by atoms with Crippen molar-refractivity contribution in [1.82, 2.24) is 30.5 Å². The fourth-order valence-corrected chi connectivity index (χ4v) is 5.74. The van der Waals surface area contributed by atoms with E-state index in [4.69, 9.17) is 0 Å². The van der Waals surface area contributed by atoms with Gasteiger partial charge in [0.1, 0.15) is 12.1 Å². The number of likely N-dealkylation sites (N-methyl/N-ethyl adjacent to an activating group) is 1. The molecule has 14 heteroatoms. The third kappa shape index (κ3) is 11.7. The molecule has 0 spiro atoms. The van der Waals surface area contributed by atoms with E-state index in [0.717, 1.165) is 10.6 Å². The van der Waals surface area contributed by atoms with Crippen molar-refractivity contribution in [2.45, 2.75) is 98.8 Å². The number of Topliss-reactive ketones (excluding diaryl/α,β-unsaturated/α-hetero) is 1. The van der Waals surface area contributed by atoms with Gasteiger partial charge in [0.2, 0.25) is 27.6 Å². The third-order valence-electron chi connectivity index (χ3n) is 8.22. The lowest BCUT2D eigenvalue weighted by atomic mass is 9.84. The Hall–Kier alpha value is -3.00. The van der Waals surface area contributed by atoms with Crippen molar-refractivity contribution < 1.29 is 32.4 Å². The number of carbonyl (C=O) groups is 5. The number of nitrogens with zero attached hydrogens (tertiary/aromatic N) is 2. The first-order valence-corrected chi connectivity index (χ1v) is 17.5. The molecule has 1 aliphatic rings. The molecule has 5 atom stereocenters. The molecule has 45 heavy (non-hydrogen) atoms. The summed E-state index contributed by atoms with van der Waals surface area (Å²) in [7, 11) is -2.04. The summed E-state index contributed by atoms with van der Waals surface area (Å²) in [6, 6.07) is -4.17. The van der Waals surface area contributed by atoms with Crippen molar-refractivity contribution in [3.8, 4) is 0 Å². The van der Waals surface area contributed by atoms with Crippen LogP contribution < -0.4 is 21.3 Å². The SMILES string of the molecule is C=CCNC(=O)C(=O)C(CCC)NC(=O)[C@@H]1[C@@H](C(C)C)CCN1C(=O)[C@@H](NC(=O)N[C@@H](CN(C)S(C)(=O)=O)C(C)C)C(C)(C)C. The lowest BCUT2D eigenvalue weighted by Gasteiger charge is -2.37. The van der Waals surface area contributed by atoms with Crippen LogP contribution in [0.15, 0.2) is 12.7 Å². The molecule has 258 valence electrons. The monoisotopic (exact) mass is 656 g/mol. The summed E-state index contributed by atoms with van der Waals surface area (Å²) in [5, 5.41) is 10.8. The maximum Gasteiger partial charge on any atom is 0.315 e. The second-order valence-corrected chi connectivity index (χ2v) is 15.8. The van der Waals surface area contributed by atoms with Crippen LogP contribution >= 0.6 is 0 Å². The van der Waals surface area contributed by atoms with Gasteiger partial charge in [-0.3, -0.25) is 19.2 Å². The van der Waals surface area contributed by atoms with E-state index in [9.17, 15) is 32.4 Å². The number of likely N-dealkylation sites (tertiary alicyclic amines) is 1. The van der Waals surface area contributed by atoms with Gasteiger partial charge in [-0.15, -0.1) is 6.58 Å². The second-order valence-electron chi connectivity index (χ2n) is 13.7. The van der Waals surface area contributed by atoms with E-state index < -0.39 is 69.1 Å². The van der Waals surface area contributed by atoms with Gasteiger partial charge >= 0.3 is 6.03 Å². The number of hydrogen-bond donors (Lipinski definition) is 4. The first-order valence-electron chi connectivity index (χ1n) is 15.7. The number of sulfonamides is 1. The first-order chi connectivity index (χ1) is 20.7. The molecule has 0 saturated carbocycles. The number of urea groups is 1.